The molecule has 1 amide bonds. The molecule has 1 aliphatic carbocycles. The number of hydrogen-bond acceptors (Lipinski definition) is 8. The van der Waals surface area contributed by atoms with Gasteiger partial charge in [0.2, 0.25) is 0 Å². The van der Waals surface area contributed by atoms with Crippen LogP contribution in [0.1, 0.15) is 53.0 Å². The van der Waals surface area contributed by atoms with Crippen molar-refractivity contribution in [2.24, 2.45) is 0 Å². The number of nitrogens with one attached hydrogen (secondary N) is 1. The summed E-state index contributed by atoms with van der Waals surface area (Å²) in [5, 5.41) is 7.20. The molecule has 1 atom stereocenters. The SMILES string of the molecule is COc1ccc(CNC(=O)[C@H](C)OC(=O)c2cc(C3CC3)nc3onc(C)c23)cc1OC. The van der Waals surface area contributed by atoms with Crippen molar-refractivity contribution in [1.29, 1.82) is 0 Å². The molecule has 0 unspecified atom stereocenters. The van der Waals surface area contributed by atoms with Crippen LogP contribution >= 0.6 is 0 Å². The highest BCUT2D eigenvalue weighted by atomic mass is 16.5. The number of esters is 1. The highest BCUT2D eigenvalue weighted by Crippen LogP contribution is 2.40. The molecule has 1 aliphatic rings. The molecule has 1 saturated carbocycles. The van der Waals surface area contributed by atoms with Gasteiger partial charge in [-0.05, 0) is 50.5 Å². The number of aryl methyl sites for hydroxylation is 1. The third-order valence-corrected chi connectivity index (χ3v) is 5.42. The molecule has 0 aliphatic heterocycles. The van der Waals surface area contributed by atoms with Crippen LogP contribution in [0.5, 0.6) is 11.5 Å². The van der Waals surface area contributed by atoms with Gasteiger partial charge in [0.05, 0.1) is 30.9 Å². The average Bonchev–Trinajstić information content (AvgIpc) is 3.59. The number of fused-ring (bicyclic) bond motifs is 1. The van der Waals surface area contributed by atoms with Gasteiger partial charge in [0.1, 0.15) is 0 Å². The van der Waals surface area contributed by atoms with Crippen LogP contribution in [0.2, 0.25) is 0 Å². The predicted octanol–water partition coefficient (Wildman–Crippen LogP) is 3.29. The maximum atomic E-state index is 12.9. The number of hydrogen-bond donors (Lipinski definition) is 1. The molecule has 0 radical (unpaired) electrons. The second kappa shape index (κ2) is 8.86. The minimum absolute atomic E-state index is 0.247. The molecule has 2 heterocycles. The van der Waals surface area contributed by atoms with E-state index >= 15 is 0 Å². The van der Waals surface area contributed by atoms with E-state index in [1.54, 1.807) is 39.3 Å². The van der Waals surface area contributed by atoms with Gasteiger partial charge in [-0.15, -0.1) is 0 Å². The van der Waals surface area contributed by atoms with Crippen molar-refractivity contribution >= 4 is 23.0 Å². The number of methoxy groups -OCH3 is 2. The van der Waals surface area contributed by atoms with Crippen molar-refractivity contribution in [3.63, 3.8) is 0 Å². The van der Waals surface area contributed by atoms with Gasteiger partial charge in [-0.25, -0.2) is 9.78 Å². The normalized spacial score (nSPS) is 14.1. The van der Waals surface area contributed by atoms with Gasteiger partial charge in [-0.1, -0.05) is 11.2 Å². The number of carbonyl (C=O) groups is 2. The molecule has 1 fully saturated rings. The van der Waals surface area contributed by atoms with E-state index in [1.165, 1.54) is 6.92 Å². The minimum atomic E-state index is -0.990. The Morgan fingerprint density at radius 3 is 2.62 bits per heavy atom. The quantitative estimate of drug-likeness (QED) is 0.532. The van der Waals surface area contributed by atoms with E-state index in [2.05, 4.69) is 15.5 Å². The Bertz CT molecular complexity index is 1170. The summed E-state index contributed by atoms with van der Waals surface area (Å²) in [6.07, 6.45) is 1.06. The molecule has 3 aromatic rings. The Kier molecular flexibility index (Phi) is 5.98. The summed E-state index contributed by atoms with van der Waals surface area (Å²) in [4.78, 5) is 29.9. The third kappa shape index (κ3) is 4.37. The first-order valence-electron chi connectivity index (χ1n) is 10.4. The summed E-state index contributed by atoms with van der Waals surface area (Å²) in [5.41, 5.74) is 2.78. The number of aromatic nitrogens is 2. The lowest BCUT2D eigenvalue weighted by atomic mass is 10.1. The van der Waals surface area contributed by atoms with Crippen LogP contribution in [-0.2, 0) is 16.1 Å². The molecule has 1 aromatic carbocycles. The van der Waals surface area contributed by atoms with Crippen molar-refractivity contribution in [3.05, 3.63) is 46.8 Å². The Balaban J connectivity index is 1.44. The number of ether oxygens (including phenoxy) is 3. The van der Waals surface area contributed by atoms with Crippen molar-refractivity contribution in [2.45, 2.75) is 45.3 Å². The second-order valence-corrected chi connectivity index (χ2v) is 7.77. The zero-order valence-electron chi connectivity index (χ0n) is 18.4. The zero-order chi connectivity index (χ0) is 22.8. The summed E-state index contributed by atoms with van der Waals surface area (Å²) in [6.45, 7) is 3.51. The lowest BCUT2D eigenvalue weighted by molar-refractivity contribution is -0.129. The van der Waals surface area contributed by atoms with Crippen molar-refractivity contribution in [1.82, 2.24) is 15.5 Å². The zero-order valence-corrected chi connectivity index (χ0v) is 18.4. The molecule has 0 saturated heterocycles. The van der Waals surface area contributed by atoms with Crippen LogP contribution in [-0.4, -0.2) is 42.3 Å². The van der Waals surface area contributed by atoms with Crippen LogP contribution < -0.4 is 14.8 Å². The lowest BCUT2D eigenvalue weighted by Crippen LogP contribution is -2.35. The number of rotatable bonds is 8. The fourth-order valence-corrected chi connectivity index (χ4v) is 3.46. The van der Waals surface area contributed by atoms with E-state index in [0.29, 0.717) is 39.8 Å². The summed E-state index contributed by atoms with van der Waals surface area (Å²) >= 11 is 0. The van der Waals surface area contributed by atoms with Crippen LogP contribution in [0.15, 0.2) is 28.8 Å². The molecule has 9 nitrogen and oxygen atoms in total. The molecule has 0 spiro atoms. The third-order valence-electron chi connectivity index (χ3n) is 5.42. The molecule has 2 aromatic heterocycles. The van der Waals surface area contributed by atoms with E-state index in [-0.39, 0.29) is 6.54 Å². The van der Waals surface area contributed by atoms with Gasteiger partial charge < -0.3 is 24.1 Å². The van der Waals surface area contributed by atoms with Gasteiger partial charge in [0, 0.05) is 18.2 Å². The Labute approximate surface area is 185 Å². The van der Waals surface area contributed by atoms with Gasteiger partial charge in [0.15, 0.2) is 17.6 Å². The van der Waals surface area contributed by atoms with Crippen molar-refractivity contribution in [3.8, 4) is 11.5 Å². The van der Waals surface area contributed by atoms with E-state index < -0.39 is 18.0 Å². The van der Waals surface area contributed by atoms with Gasteiger partial charge in [0.25, 0.3) is 11.6 Å². The maximum Gasteiger partial charge on any atom is 0.339 e. The fraction of sp³-hybridized carbons (Fsp3) is 0.391. The van der Waals surface area contributed by atoms with Gasteiger partial charge in [-0.2, -0.15) is 0 Å². The average molecular weight is 439 g/mol. The first kappa shape index (κ1) is 21.6. The van der Waals surface area contributed by atoms with E-state index in [1.807, 2.05) is 6.07 Å². The summed E-state index contributed by atoms with van der Waals surface area (Å²) in [7, 11) is 3.10. The Morgan fingerprint density at radius 1 is 1.19 bits per heavy atom. The van der Waals surface area contributed by atoms with Crippen LogP contribution in [0.3, 0.4) is 0 Å². The number of carbonyl (C=O) groups excluding carboxylic acids is 2. The first-order chi connectivity index (χ1) is 15.4. The van der Waals surface area contributed by atoms with Crippen LogP contribution in [0.4, 0.5) is 0 Å². The molecule has 168 valence electrons. The van der Waals surface area contributed by atoms with E-state index in [4.69, 9.17) is 18.7 Å². The number of nitrogens with zero attached hydrogens (tertiary/aromatic N) is 2. The highest BCUT2D eigenvalue weighted by Gasteiger charge is 2.30. The number of benzene rings is 1. The summed E-state index contributed by atoms with van der Waals surface area (Å²) < 4.78 is 21.2. The molecule has 1 N–H and O–H groups in total. The predicted molar refractivity (Wildman–Crippen MR) is 115 cm³/mol. The smallest absolute Gasteiger partial charge is 0.339 e. The fourth-order valence-electron chi connectivity index (χ4n) is 3.46. The minimum Gasteiger partial charge on any atom is -0.493 e. The first-order valence-corrected chi connectivity index (χ1v) is 10.4. The molecule has 32 heavy (non-hydrogen) atoms. The Morgan fingerprint density at radius 2 is 1.94 bits per heavy atom. The number of amides is 1. The van der Waals surface area contributed by atoms with Crippen LogP contribution in [0.25, 0.3) is 11.1 Å². The molecule has 0 bridgehead atoms. The monoisotopic (exact) mass is 439 g/mol. The topological polar surface area (TPSA) is 113 Å². The molecular formula is C23H25N3O6. The second-order valence-electron chi connectivity index (χ2n) is 7.77. The Hall–Kier alpha value is -3.62. The summed E-state index contributed by atoms with van der Waals surface area (Å²) in [5.74, 6) is 0.458. The van der Waals surface area contributed by atoms with Crippen molar-refractivity contribution in [2.75, 3.05) is 14.2 Å². The lowest BCUT2D eigenvalue weighted by Gasteiger charge is -2.15. The van der Waals surface area contributed by atoms with Gasteiger partial charge in [-0.3, -0.25) is 4.79 Å². The van der Waals surface area contributed by atoms with Gasteiger partial charge >= 0.3 is 5.97 Å². The summed E-state index contributed by atoms with van der Waals surface area (Å²) in [6, 6.07) is 7.08. The van der Waals surface area contributed by atoms with Crippen LogP contribution in [0, 0.1) is 6.92 Å². The number of pyridine rings is 1. The van der Waals surface area contributed by atoms with E-state index in [9.17, 15) is 9.59 Å². The maximum absolute atomic E-state index is 12.9. The molecule has 9 heteroatoms. The van der Waals surface area contributed by atoms with E-state index in [0.717, 1.165) is 24.1 Å². The largest absolute Gasteiger partial charge is 0.493 e. The highest BCUT2D eigenvalue weighted by molar-refractivity contribution is 6.04. The molecule has 4 rings (SSSR count). The van der Waals surface area contributed by atoms with Crippen molar-refractivity contribution < 1.29 is 28.3 Å². The standard InChI is InChI=1S/C23H25N3O6/c1-12-20-16(10-17(15-6-7-15)25-22(20)32-26-12)23(28)31-13(2)21(27)24-11-14-5-8-18(29-3)19(9-14)30-4/h5,8-10,13,15H,6-7,11H2,1-4H3,(H,24,27)/t13-/m0/s1. The molecular weight excluding hydrogens is 414 g/mol.